The lowest BCUT2D eigenvalue weighted by molar-refractivity contribution is -0.107. The highest BCUT2D eigenvalue weighted by Gasteiger charge is 2.04. The van der Waals surface area contributed by atoms with Crippen LogP contribution in [-0.4, -0.2) is 20.5 Å². The summed E-state index contributed by atoms with van der Waals surface area (Å²) in [5, 5.41) is 0. The molecule has 0 aromatic heterocycles. The fourth-order valence-electron chi connectivity index (χ4n) is 3.97. The van der Waals surface area contributed by atoms with Gasteiger partial charge < -0.3 is 9.47 Å². The Labute approximate surface area is 172 Å². The summed E-state index contributed by atoms with van der Waals surface area (Å²) in [4.78, 5) is 0. The predicted molar refractivity (Wildman–Crippen MR) is 120 cm³/mol. The Kier molecular flexibility index (Phi) is 22.1. The van der Waals surface area contributed by atoms with E-state index in [0.29, 0.717) is 0 Å². The van der Waals surface area contributed by atoms with Crippen molar-refractivity contribution in [2.75, 3.05) is 14.2 Å². The molecule has 0 aliphatic carbocycles. The molecule has 0 saturated carbocycles. The Balaban J connectivity index is 3.18. The Morgan fingerprint density at radius 2 is 0.815 bits per heavy atom. The van der Waals surface area contributed by atoms with Crippen LogP contribution in [-0.2, 0) is 9.47 Å². The fourth-order valence-corrected chi connectivity index (χ4v) is 3.97. The van der Waals surface area contributed by atoms with E-state index in [4.69, 9.17) is 9.47 Å². The molecule has 0 amide bonds. The van der Waals surface area contributed by atoms with E-state index in [0.717, 1.165) is 12.3 Å². The van der Waals surface area contributed by atoms with E-state index in [1.807, 2.05) is 0 Å². The zero-order chi connectivity index (χ0) is 20.0. The quantitative estimate of drug-likeness (QED) is 0.137. The normalized spacial score (nSPS) is 12.8. The summed E-state index contributed by atoms with van der Waals surface area (Å²) in [6.07, 6.45) is 26.6. The first kappa shape index (κ1) is 26.9. The topological polar surface area (TPSA) is 18.5 Å². The third-order valence-corrected chi connectivity index (χ3v) is 5.96. The van der Waals surface area contributed by atoms with Crippen LogP contribution >= 0.6 is 0 Å². The molecule has 0 aliphatic rings. The number of rotatable bonds is 22. The van der Waals surface area contributed by atoms with Crippen molar-refractivity contribution in [2.24, 2.45) is 5.92 Å². The molecule has 27 heavy (non-hydrogen) atoms. The number of hydrogen-bond acceptors (Lipinski definition) is 2. The van der Waals surface area contributed by atoms with Gasteiger partial charge in [-0.2, -0.15) is 0 Å². The molecule has 1 unspecified atom stereocenters. The van der Waals surface area contributed by atoms with Crippen LogP contribution in [0.3, 0.4) is 0 Å². The molecular weight excluding hydrogens is 332 g/mol. The first-order chi connectivity index (χ1) is 13.2. The Morgan fingerprint density at radius 1 is 0.481 bits per heavy atom. The van der Waals surface area contributed by atoms with Crippen molar-refractivity contribution in [3.63, 3.8) is 0 Å². The molecule has 2 nitrogen and oxygen atoms in total. The second-order valence-electron chi connectivity index (χ2n) is 8.68. The van der Waals surface area contributed by atoms with E-state index < -0.39 is 0 Å². The fraction of sp³-hybridized carbons (Fsp3) is 1.00. The highest BCUT2D eigenvalue weighted by atomic mass is 16.7. The van der Waals surface area contributed by atoms with Gasteiger partial charge in [0.2, 0.25) is 0 Å². The highest BCUT2D eigenvalue weighted by molar-refractivity contribution is 4.56. The van der Waals surface area contributed by atoms with E-state index in [1.54, 1.807) is 14.2 Å². The van der Waals surface area contributed by atoms with Crippen LogP contribution in [0.4, 0.5) is 0 Å². The molecule has 0 aromatic rings. The predicted octanol–water partition coefficient (Wildman–Crippen LogP) is 8.67. The standard InChI is InChI=1S/C25H52O2/c1-5-6-7-8-12-15-18-21-24(2)22-19-16-13-10-9-11-14-17-20-23-25(26-3)27-4/h24-25H,5-23H2,1-4H3. The average molecular weight is 385 g/mol. The van der Waals surface area contributed by atoms with Crippen molar-refractivity contribution in [3.8, 4) is 0 Å². The van der Waals surface area contributed by atoms with Crippen LogP contribution in [0.1, 0.15) is 136 Å². The van der Waals surface area contributed by atoms with Gasteiger partial charge in [-0.25, -0.2) is 0 Å². The largest absolute Gasteiger partial charge is 0.356 e. The van der Waals surface area contributed by atoms with E-state index in [9.17, 15) is 0 Å². The second-order valence-corrected chi connectivity index (χ2v) is 8.68. The van der Waals surface area contributed by atoms with Gasteiger partial charge in [0.05, 0.1) is 0 Å². The molecule has 0 fully saturated rings. The van der Waals surface area contributed by atoms with Gasteiger partial charge in [0.1, 0.15) is 0 Å². The zero-order valence-electron chi connectivity index (χ0n) is 19.4. The van der Waals surface area contributed by atoms with Crippen molar-refractivity contribution in [3.05, 3.63) is 0 Å². The summed E-state index contributed by atoms with van der Waals surface area (Å²) in [7, 11) is 3.45. The lowest BCUT2D eigenvalue weighted by atomic mass is 9.96. The lowest BCUT2D eigenvalue weighted by Crippen LogP contribution is -2.12. The Morgan fingerprint density at radius 3 is 1.19 bits per heavy atom. The molecule has 0 radical (unpaired) electrons. The maximum Gasteiger partial charge on any atom is 0.156 e. The summed E-state index contributed by atoms with van der Waals surface area (Å²) < 4.78 is 10.4. The smallest absolute Gasteiger partial charge is 0.156 e. The SMILES string of the molecule is CCCCCCCCCC(C)CCCCCCCCCCCC(OC)OC. The number of unbranched alkanes of at least 4 members (excludes halogenated alkanes) is 14. The third-order valence-electron chi connectivity index (χ3n) is 5.96. The van der Waals surface area contributed by atoms with Crippen LogP contribution in [0.2, 0.25) is 0 Å². The first-order valence-corrected chi connectivity index (χ1v) is 12.3. The summed E-state index contributed by atoms with van der Waals surface area (Å²) in [5.74, 6) is 0.948. The van der Waals surface area contributed by atoms with Gasteiger partial charge in [-0.05, 0) is 18.8 Å². The van der Waals surface area contributed by atoms with Crippen molar-refractivity contribution in [2.45, 2.75) is 142 Å². The molecule has 0 rings (SSSR count). The summed E-state index contributed by atoms with van der Waals surface area (Å²) >= 11 is 0. The molecule has 2 heteroatoms. The van der Waals surface area contributed by atoms with Gasteiger partial charge in [0, 0.05) is 14.2 Å². The molecule has 0 aromatic carbocycles. The highest BCUT2D eigenvalue weighted by Crippen LogP contribution is 2.19. The van der Waals surface area contributed by atoms with Crippen LogP contribution in [0, 0.1) is 5.92 Å². The maximum absolute atomic E-state index is 5.22. The molecule has 0 N–H and O–H groups in total. The van der Waals surface area contributed by atoms with Crippen molar-refractivity contribution >= 4 is 0 Å². The minimum atomic E-state index is -0.00168. The van der Waals surface area contributed by atoms with Gasteiger partial charge in [-0.15, -0.1) is 0 Å². The lowest BCUT2D eigenvalue weighted by Gasteiger charge is -2.12. The van der Waals surface area contributed by atoms with Crippen molar-refractivity contribution in [1.29, 1.82) is 0 Å². The van der Waals surface area contributed by atoms with Crippen LogP contribution < -0.4 is 0 Å². The average Bonchev–Trinajstić information content (AvgIpc) is 2.68. The van der Waals surface area contributed by atoms with Crippen molar-refractivity contribution < 1.29 is 9.47 Å². The number of hydrogen-bond donors (Lipinski definition) is 0. The number of ether oxygens (including phenoxy) is 2. The maximum atomic E-state index is 5.22. The number of methoxy groups -OCH3 is 2. The molecule has 0 bridgehead atoms. The van der Waals surface area contributed by atoms with Crippen LogP contribution in [0.25, 0.3) is 0 Å². The van der Waals surface area contributed by atoms with Crippen LogP contribution in [0.15, 0.2) is 0 Å². The Hall–Kier alpha value is -0.0800. The van der Waals surface area contributed by atoms with Crippen LogP contribution in [0.5, 0.6) is 0 Å². The Bertz CT molecular complexity index is 263. The third kappa shape index (κ3) is 20.5. The monoisotopic (exact) mass is 384 g/mol. The molecular formula is C25H52O2. The molecule has 1 atom stereocenters. The zero-order valence-corrected chi connectivity index (χ0v) is 19.4. The van der Waals surface area contributed by atoms with Gasteiger partial charge in [-0.3, -0.25) is 0 Å². The summed E-state index contributed by atoms with van der Waals surface area (Å²) in [5.41, 5.74) is 0. The minimum absolute atomic E-state index is 0.00168. The summed E-state index contributed by atoms with van der Waals surface area (Å²) in [6, 6.07) is 0. The van der Waals surface area contributed by atoms with E-state index in [2.05, 4.69) is 13.8 Å². The van der Waals surface area contributed by atoms with Crippen molar-refractivity contribution in [1.82, 2.24) is 0 Å². The minimum Gasteiger partial charge on any atom is -0.356 e. The summed E-state index contributed by atoms with van der Waals surface area (Å²) in [6.45, 7) is 4.76. The second kappa shape index (κ2) is 22.2. The van der Waals surface area contributed by atoms with Gasteiger partial charge in [0.15, 0.2) is 6.29 Å². The molecule has 0 aliphatic heterocycles. The van der Waals surface area contributed by atoms with Gasteiger partial charge in [-0.1, -0.05) is 123 Å². The van der Waals surface area contributed by atoms with E-state index in [1.165, 1.54) is 116 Å². The molecule has 164 valence electrons. The first-order valence-electron chi connectivity index (χ1n) is 12.3. The molecule has 0 heterocycles. The van der Waals surface area contributed by atoms with E-state index in [-0.39, 0.29) is 6.29 Å². The van der Waals surface area contributed by atoms with Gasteiger partial charge in [0.25, 0.3) is 0 Å². The molecule has 0 saturated heterocycles. The van der Waals surface area contributed by atoms with E-state index >= 15 is 0 Å². The molecule has 0 spiro atoms. The van der Waals surface area contributed by atoms with Gasteiger partial charge >= 0.3 is 0 Å².